The Hall–Kier alpha value is -1.46. The molecule has 0 aliphatic carbocycles. The van der Waals surface area contributed by atoms with Gasteiger partial charge in [0.1, 0.15) is 0 Å². The molecule has 0 nitrogen and oxygen atoms in total. The highest BCUT2D eigenvalue weighted by molar-refractivity contribution is 5.32. The zero-order chi connectivity index (χ0) is 23.2. The summed E-state index contributed by atoms with van der Waals surface area (Å²) < 4.78 is 120. The molecule has 0 fully saturated rings. The summed E-state index contributed by atoms with van der Waals surface area (Å²) in [7, 11) is 0. The van der Waals surface area contributed by atoms with E-state index in [-0.39, 0.29) is 17.5 Å². The molecule has 0 amide bonds. The number of hydrogen-bond acceptors (Lipinski definition) is 0. The SMILES string of the molecule is CC(C)(C)c1ccc([I+]c2ccc(C(C(F)(F)F)(C(F)(F)F)C(F)(F)F)cc2)cc1. The van der Waals surface area contributed by atoms with Gasteiger partial charge in [0.2, 0.25) is 0 Å². The van der Waals surface area contributed by atoms with Crippen LogP contribution < -0.4 is 21.2 Å². The first-order valence-corrected chi connectivity index (χ1v) is 10.6. The van der Waals surface area contributed by atoms with E-state index < -0.39 is 50.7 Å². The average Bonchev–Trinajstić information content (AvgIpc) is 2.52. The summed E-state index contributed by atoms with van der Waals surface area (Å²) >= 11 is -1.00. The van der Waals surface area contributed by atoms with Crippen LogP contribution in [0.3, 0.4) is 0 Å². The Morgan fingerprint density at radius 1 is 0.500 bits per heavy atom. The van der Waals surface area contributed by atoms with Crippen molar-refractivity contribution in [3.63, 3.8) is 0 Å². The van der Waals surface area contributed by atoms with Crippen molar-refractivity contribution in [1.29, 1.82) is 0 Å². The molecule has 0 spiro atoms. The summed E-state index contributed by atoms with van der Waals surface area (Å²) in [6.45, 7) is 6.01. The molecule has 166 valence electrons. The first-order valence-electron chi connectivity index (χ1n) is 8.47. The van der Waals surface area contributed by atoms with Crippen molar-refractivity contribution in [2.24, 2.45) is 0 Å². The predicted molar refractivity (Wildman–Crippen MR) is 88.8 cm³/mol. The lowest BCUT2D eigenvalue weighted by Crippen LogP contribution is -3.61. The van der Waals surface area contributed by atoms with Crippen molar-refractivity contribution >= 4 is 0 Å². The minimum atomic E-state index is -6.61. The summed E-state index contributed by atoms with van der Waals surface area (Å²) in [6, 6.07) is 9.67. The third-order valence-corrected chi connectivity index (χ3v) is 7.17. The van der Waals surface area contributed by atoms with Gasteiger partial charge in [-0.15, -0.1) is 0 Å². The minimum absolute atomic E-state index is 0.103. The highest BCUT2D eigenvalue weighted by Gasteiger charge is 2.84. The Balaban J connectivity index is 2.43. The van der Waals surface area contributed by atoms with Gasteiger partial charge in [0, 0.05) is 0 Å². The van der Waals surface area contributed by atoms with Gasteiger partial charge in [0.05, 0.1) is 0 Å². The molecular weight excluding hydrogens is 538 g/mol. The second-order valence-corrected chi connectivity index (χ2v) is 10.6. The Bertz CT molecular complexity index is 816. The lowest BCUT2D eigenvalue weighted by atomic mass is 9.78. The van der Waals surface area contributed by atoms with Crippen molar-refractivity contribution in [2.75, 3.05) is 0 Å². The minimum Gasteiger partial charge on any atom is -0.169 e. The van der Waals surface area contributed by atoms with E-state index in [2.05, 4.69) is 0 Å². The van der Waals surface area contributed by atoms with Crippen LogP contribution in [-0.4, -0.2) is 18.5 Å². The van der Waals surface area contributed by atoms with Crippen LogP contribution >= 0.6 is 0 Å². The summed E-state index contributed by atoms with van der Waals surface area (Å²) in [6.07, 6.45) is -19.8. The molecule has 0 saturated carbocycles. The fraction of sp³-hybridized carbons (Fsp3) is 0.400. The van der Waals surface area contributed by atoms with Crippen LogP contribution in [0.1, 0.15) is 31.9 Å². The number of benzene rings is 2. The zero-order valence-corrected chi connectivity index (χ0v) is 18.1. The molecule has 0 aromatic heterocycles. The second kappa shape index (κ2) is 7.90. The van der Waals surface area contributed by atoms with Gasteiger partial charge in [-0.2, -0.15) is 39.5 Å². The Morgan fingerprint density at radius 2 is 0.800 bits per heavy atom. The van der Waals surface area contributed by atoms with Crippen LogP contribution in [-0.2, 0) is 10.8 Å². The number of rotatable bonds is 3. The van der Waals surface area contributed by atoms with E-state index in [4.69, 9.17) is 0 Å². The van der Waals surface area contributed by atoms with Crippen LogP contribution in [0.4, 0.5) is 39.5 Å². The highest BCUT2D eigenvalue weighted by Crippen LogP contribution is 2.60. The largest absolute Gasteiger partial charge is 0.416 e. The normalized spacial score (nSPS) is 14.1. The Kier molecular flexibility index (Phi) is 6.54. The Labute approximate surface area is 177 Å². The smallest absolute Gasteiger partial charge is 0.169 e. The van der Waals surface area contributed by atoms with Gasteiger partial charge in [-0.1, -0.05) is 45.0 Å². The first-order chi connectivity index (χ1) is 13.4. The zero-order valence-electron chi connectivity index (χ0n) is 15.9. The molecule has 2 aromatic rings. The molecule has 0 aliphatic heterocycles. The maximum Gasteiger partial charge on any atom is 0.416 e. The molecule has 2 rings (SSSR count). The molecule has 0 N–H and O–H groups in total. The van der Waals surface area contributed by atoms with E-state index >= 15 is 0 Å². The molecule has 0 heterocycles. The molecule has 10 heteroatoms. The van der Waals surface area contributed by atoms with Gasteiger partial charge in [0.25, 0.3) is 5.41 Å². The van der Waals surface area contributed by atoms with Crippen LogP contribution in [0.2, 0.25) is 0 Å². The fourth-order valence-corrected chi connectivity index (χ4v) is 5.03. The fourth-order valence-electron chi connectivity index (χ4n) is 2.87. The van der Waals surface area contributed by atoms with E-state index in [0.717, 1.165) is 21.3 Å². The van der Waals surface area contributed by atoms with Crippen molar-refractivity contribution in [3.8, 4) is 0 Å². The lowest BCUT2D eigenvalue weighted by molar-refractivity contribution is -0.597. The summed E-state index contributed by atoms with van der Waals surface area (Å²) in [5.74, 6) is 0. The van der Waals surface area contributed by atoms with Gasteiger partial charge in [-0.05, 0) is 40.8 Å². The monoisotopic (exact) mass is 555 g/mol. The van der Waals surface area contributed by atoms with E-state index in [0.29, 0.717) is 3.57 Å². The van der Waals surface area contributed by atoms with Crippen LogP contribution in [0.5, 0.6) is 0 Å². The first kappa shape index (κ1) is 24.8. The number of halogens is 10. The maximum absolute atomic E-state index is 13.2. The summed E-state index contributed by atoms with van der Waals surface area (Å²) in [4.78, 5) is 0. The van der Waals surface area contributed by atoms with Crippen molar-refractivity contribution in [3.05, 3.63) is 66.8 Å². The Morgan fingerprint density at radius 3 is 1.07 bits per heavy atom. The average molecular weight is 555 g/mol. The van der Waals surface area contributed by atoms with E-state index in [9.17, 15) is 39.5 Å². The molecule has 30 heavy (non-hydrogen) atoms. The van der Waals surface area contributed by atoms with Crippen LogP contribution in [0.25, 0.3) is 0 Å². The predicted octanol–water partition coefficient (Wildman–Crippen LogP) is 4.04. The summed E-state index contributed by atoms with van der Waals surface area (Å²) in [5.41, 5.74) is -6.91. The third kappa shape index (κ3) is 4.57. The van der Waals surface area contributed by atoms with Gasteiger partial charge >= 0.3 is 39.7 Å². The van der Waals surface area contributed by atoms with Crippen molar-refractivity contribution < 1.29 is 60.7 Å². The molecule has 0 saturated heterocycles. The summed E-state index contributed by atoms with van der Waals surface area (Å²) in [5, 5.41) is 0. The quantitative estimate of drug-likeness (QED) is 0.397. The van der Waals surface area contributed by atoms with Crippen molar-refractivity contribution in [2.45, 2.75) is 50.1 Å². The van der Waals surface area contributed by atoms with E-state index in [1.165, 1.54) is 0 Å². The standard InChI is InChI=1S/C20H17F9I/c1-16(2,3)12-4-8-14(9-5-12)30-15-10-6-13(7-11-15)17(18(21,22)23,19(24,25)26)20(27,28)29/h4-11H,1-3H3/q+1. The van der Waals surface area contributed by atoms with Crippen LogP contribution in [0.15, 0.2) is 48.5 Å². The third-order valence-electron chi connectivity index (χ3n) is 4.48. The molecule has 0 unspecified atom stereocenters. The molecular formula is C20H17F9I+. The highest BCUT2D eigenvalue weighted by atomic mass is 127. The van der Waals surface area contributed by atoms with Gasteiger partial charge in [-0.3, -0.25) is 0 Å². The van der Waals surface area contributed by atoms with Crippen LogP contribution in [0, 0.1) is 7.14 Å². The van der Waals surface area contributed by atoms with E-state index in [1.54, 1.807) is 12.1 Å². The lowest BCUT2D eigenvalue weighted by Gasteiger charge is -2.38. The molecule has 0 atom stereocenters. The molecule has 0 bridgehead atoms. The van der Waals surface area contributed by atoms with E-state index in [1.807, 2.05) is 32.9 Å². The number of hydrogen-bond donors (Lipinski definition) is 0. The number of alkyl halides is 9. The topological polar surface area (TPSA) is 0 Å². The molecule has 0 aliphatic rings. The van der Waals surface area contributed by atoms with Gasteiger partial charge in [-0.25, -0.2) is 0 Å². The van der Waals surface area contributed by atoms with Crippen molar-refractivity contribution in [1.82, 2.24) is 0 Å². The second-order valence-electron chi connectivity index (χ2n) is 7.60. The van der Waals surface area contributed by atoms with Gasteiger partial charge in [0.15, 0.2) is 7.14 Å². The molecule has 0 radical (unpaired) electrons. The van der Waals surface area contributed by atoms with Gasteiger partial charge < -0.3 is 0 Å². The molecule has 2 aromatic carbocycles. The maximum atomic E-state index is 13.2.